The lowest BCUT2D eigenvalue weighted by molar-refractivity contribution is -0.140. The van der Waals surface area contributed by atoms with E-state index < -0.39 is 28.5 Å². The number of sulfonamides is 1. The molecule has 3 aromatic carbocycles. The Morgan fingerprint density at radius 2 is 1.49 bits per heavy atom. The topological polar surface area (TPSA) is 86.8 Å². The van der Waals surface area contributed by atoms with Crippen LogP contribution in [0.4, 0.5) is 5.69 Å². The summed E-state index contributed by atoms with van der Waals surface area (Å²) in [6, 6.07) is 23.3. The SMILES string of the molecule is CC[C@@H](C)NC(=O)[C@H](Cc1ccccc1)N(Cc1ccc(Br)cc1)C(=O)CN(c1ccc(C(C)C)cc1)S(C)(=O)=O. The minimum atomic E-state index is -3.81. The van der Waals surface area contributed by atoms with Crippen LogP contribution in [0.5, 0.6) is 0 Å². The maximum absolute atomic E-state index is 14.1. The molecule has 1 N–H and O–H groups in total. The summed E-state index contributed by atoms with van der Waals surface area (Å²) < 4.78 is 27.9. The summed E-state index contributed by atoms with van der Waals surface area (Å²) >= 11 is 3.45. The second-order valence-electron chi connectivity index (χ2n) is 10.7. The lowest BCUT2D eigenvalue weighted by Crippen LogP contribution is -2.54. The third kappa shape index (κ3) is 9.43. The van der Waals surface area contributed by atoms with Crippen LogP contribution in [0.15, 0.2) is 83.3 Å². The molecule has 41 heavy (non-hydrogen) atoms. The van der Waals surface area contributed by atoms with E-state index in [2.05, 4.69) is 35.1 Å². The van der Waals surface area contributed by atoms with Gasteiger partial charge in [-0.3, -0.25) is 13.9 Å². The van der Waals surface area contributed by atoms with Crippen molar-refractivity contribution in [2.24, 2.45) is 0 Å². The van der Waals surface area contributed by atoms with Crippen molar-refractivity contribution in [1.29, 1.82) is 0 Å². The smallest absolute Gasteiger partial charge is 0.244 e. The summed E-state index contributed by atoms with van der Waals surface area (Å²) in [5.41, 5.74) is 3.19. The molecule has 2 amide bonds. The number of nitrogens with one attached hydrogen (secondary N) is 1. The first-order valence-corrected chi connectivity index (χ1v) is 16.5. The van der Waals surface area contributed by atoms with Gasteiger partial charge in [0.25, 0.3) is 0 Å². The average molecular weight is 643 g/mol. The van der Waals surface area contributed by atoms with Gasteiger partial charge in [-0.2, -0.15) is 0 Å². The number of amides is 2. The van der Waals surface area contributed by atoms with E-state index in [-0.39, 0.29) is 30.8 Å². The van der Waals surface area contributed by atoms with Crippen LogP contribution in [-0.4, -0.2) is 50.0 Å². The lowest BCUT2D eigenvalue weighted by atomic mass is 10.0. The van der Waals surface area contributed by atoms with Crippen molar-refractivity contribution in [1.82, 2.24) is 10.2 Å². The van der Waals surface area contributed by atoms with Crippen molar-refractivity contribution in [3.05, 3.63) is 100 Å². The Kier molecular flexibility index (Phi) is 11.5. The molecule has 2 atom stereocenters. The number of carbonyl (C=O) groups is 2. The van der Waals surface area contributed by atoms with Gasteiger partial charge in [0.15, 0.2) is 0 Å². The summed E-state index contributed by atoms with van der Waals surface area (Å²) in [7, 11) is -3.81. The van der Waals surface area contributed by atoms with Gasteiger partial charge < -0.3 is 10.2 Å². The number of hydrogen-bond acceptors (Lipinski definition) is 4. The lowest BCUT2D eigenvalue weighted by Gasteiger charge is -2.34. The van der Waals surface area contributed by atoms with Crippen LogP contribution < -0.4 is 9.62 Å². The molecule has 0 aliphatic rings. The first-order valence-electron chi connectivity index (χ1n) is 13.8. The molecule has 0 saturated heterocycles. The summed E-state index contributed by atoms with van der Waals surface area (Å²) in [5.74, 6) is -0.464. The van der Waals surface area contributed by atoms with Crippen molar-refractivity contribution in [2.45, 2.75) is 65.1 Å². The minimum Gasteiger partial charge on any atom is -0.352 e. The Morgan fingerprint density at radius 1 is 0.878 bits per heavy atom. The summed E-state index contributed by atoms with van der Waals surface area (Å²) in [5, 5.41) is 3.04. The zero-order valence-corrected chi connectivity index (χ0v) is 26.8. The van der Waals surface area contributed by atoms with Gasteiger partial charge in [-0.05, 0) is 60.2 Å². The van der Waals surface area contributed by atoms with E-state index in [4.69, 9.17) is 0 Å². The molecule has 0 aliphatic carbocycles. The first-order chi connectivity index (χ1) is 19.4. The van der Waals surface area contributed by atoms with Crippen LogP contribution in [0.2, 0.25) is 0 Å². The zero-order chi connectivity index (χ0) is 30.2. The molecular weight excluding hydrogens is 602 g/mol. The van der Waals surface area contributed by atoms with Crippen LogP contribution in [-0.2, 0) is 32.6 Å². The predicted octanol–water partition coefficient (Wildman–Crippen LogP) is 5.89. The Hall–Kier alpha value is -3.17. The number of rotatable bonds is 13. The van der Waals surface area contributed by atoms with Gasteiger partial charge in [0, 0.05) is 23.5 Å². The number of nitrogens with zero attached hydrogens (tertiary/aromatic N) is 2. The fourth-order valence-electron chi connectivity index (χ4n) is 4.42. The van der Waals surface area contributed by atoms with E-state index in [1.807, 2.05) is 80.6 Å². The fraction of sp³-hybridized carbons (Fsp3) is 0.375. The van der Waals surface area contributed by atoms with Gasteiger partial charge >= 0.3 is 0 Å². The highest BCUT2D eigenvalue weighted by Crippen LogP contribution is 2.24. The van der Waals surface area contributed by atoms with Crippen LogP contribution in [0.25, 0.3) is 0 Å². The highest BCUT2D eigenvalue weighted by Gasteiger charge is 2.33. The Bertz CT molecular complexity index is 1400. The van der Waals surface area contributed by atoms with Crippen molar-refractivity contribution >= 4 is 43.5 Å². The molecule has 7 nitrogen and oxygen atoms in total. The number of benzene rings is 3. The third-order valence-electron chi connectivity index (χ3n) is 7.07. The van der Waals surface area contributed by atoms with Crippen molar-refractivity contribution < 1.29 is 18.0 Å². The van der Waals surface area contributed by atoms with Gasteiger partial charge in [-0.25, -0.2) is 8.42 Å². The van der Waals surface area contributed by atoms with Crippen molar-refractivity contribution in [3.8, 4) is 0 Å². The van der Waals surface area contributed by atoms with E-state index in [0.717, 1.165) is 38.1 Å². The standard InChI is InChI=1S/C32H40BrN3O4S/c1-6-24(4)34-32(38)30(20-25-10-8-7-9-11-25)35(21-26-12-16-28(33)17-13-26)31(37)22-36(41(5,39)40)29-18-14-27(15-19-29)23(2)3/h7-19,23-24,30H,6,20-22H2,1-5H3,(H,34,38)/t24-,30+/m1/s1. The molecule has 0 aliphatic heterocycles. The second kappa shape index (κ2) is 14.6. The molecule has 9 heteroatoms. The normalized spacial score (nSPS) is 13.0. The van der Waals surface area contributed by atoms with Crippen LogP contribution in [0.1, 0.15) is 56.7 Å². The molecule has 3 rings (SSSR count). The Labute approximate surface area is 253 Å². The van der Waals surface area contributed by atoms with Crippen LogP contribution in [0, 0.1) is 0 Å². The van der Waals surface area contributed by atoms with Gasteiger partial charge in [-0.1, -0.05) is 91.3 Å². The van der Waals surface area contributed by atoms with Crippen LogP contribution >= 0.6 is 15.9 Å². The quantitative estimate of drug-likeness (QED) is 0.252. The zero-order valence-electron chi connectivity index (χ0n) is 24.4. The van der Waals surface area contributed by atoms with E-state index >= 15 is 0 Å². The molecule has 3 aromatic rings. The number of halogens is 1. The molecule has 0 radical (unpaired) electrons. The Morgan fingerprint density at radius 3 is 2.02 bits per heavy atom. The fourth-order valence-corrected chi connectivity index (χ4v) is 5.53. The molecule has 0 heterocycles. The maximum atomic E-state index is 14.1. The summed E-state index contributed by atoms with van der Waals surface area (Å²) in [4.78, 5) is 29.4. The molecular formula is C32H40BrN3O4S. The molecule has 0 saturated carbocycles. The highest BCUT2D eigenvalue weighted by molar-refractivity contribution is 9.10. The number of hydrogen-bond donors (Lipinski definition) is 1. The van der Waals surface area contributed by atoms with Crippen molar-refractivity contribution in [3.63, 3.8) is 0 Å². The van der Waals surface area contributed by atoms with Crippen molar-refractivity contribution in [2.75, 3.05) is 17.1 Å². The van der Waals surface area contributed by atoms with E-state index in [9.17, 15) is 18.0 Å². The average Bonchev–Trinajstić information content (AvgIpc) is 2.94. The minimum absolute atomic E-state index is 0.0857. The summed E-state index contributed by atoms with van der Waals surface area (Å²) in [6.07, 6.45) is 2.11. The number of anilines is 1. The summed E-state index contributed by atoms with van der Waals surface area (Å²) in [6.45, 7) is 7.73. The van der Waals surface area contributed by atoms with E-state index in [1.54, 1.807) is 12.1 Å². The molecule has 0 bridgehead atoms. The van der Waals surface area contributed by atoms with E-state index in [1.165, 1.54) is 4.90 Å². The predicted molar refractivity (Wildman–Crippen MR) is 169 cm³/mol. The molecule has 0 unspecified atom stereocenters. The number of carbonyl (C=O) groups excluding carboxylic acids is 2. The van der Waals surface area contributed by atoms with Crippen LogP contribution in [0.3, 0.4) is 0 Å². The van der Waals surface area contributed by atoms with Gasteiger partial charge in [0.1, 0.15) is 12.6 Å². The maximum Gasteiger partial charge on any atom is 0.244 e. The molecule has 0 fully saturated rings. The second-order valence-corrected chi connectivity index (χ2v) is 13.5. The molecule has 0 aromatic heterocycles. The first kappa shape index (κ1) is 32.3. The Balaban J connectivity index is 2.04. The molecule has 0 spiro atoms. The molecule has 220 valence electrons. The van der Waals surface area contributed by atoms with E-state index in [0.29, 0.717) is 5.69 Å². The highest BCUT2D eigenvalue weighted by atomic mass is 79.9. The largest absolute Gasteiger partial charge is 0.352 e. The third-order valence-corrected chi connectivity index (χ3v) is 8.73. The van der Waals surface area contributed by atoms with Gasteiger partial charge in [0.2, 0.25) is 21.8 Å². The van der Waals surface area contributed by atoms with Gasteiger partial charge in [0.05, 0.1) is 11.9 Å². The monoisotopic (exact) mass is 641 g/mol. The van der Waals surface area contributed by atoms with Gasteiger partial charge in [-0.15, -0.1) is 0 Å².